The number of nitrogens with zero attached hydrogens (tertiary/aromatic N) is 3. The van der Waals surface area contributed by atoms with Gasteiger partial charge in [0.15, 0.2) is 5.82 Å². The van der Waals surface area contributed by atoms with E-state index in [9.17, 15) is 13.6 Å². The first kappa shape index (κ1) is 26.4. The van der Waals surface area contributed by atoms with Crippen molar-refractivity contribution in [3.63, 3.8) is 0 Å². The molecule has 6 rings (SSSR count). The van der Waals surface area contributed by atoms with Crippen LogP contribution < -0.4 is 21.1 Å². The van der Waals surface area contributed by atoms with Crippen LogP contribution >= 0.6 is 0 Å². The molecule has 3 atom stereocenters. The molecule has 1 amide bonds. The monoisotopic (exact) mass is 558 g/mol. The lowest BCUT2D eigenvalue weighted by molar-refractivity contribution is -0.128. The average molecular weight is 559 g/mol. The number of hydrogen-bond donors (Lipinski definition) is 3. The number of rotatable bonds is 5. The number of benzene rings is 1. The molecule has 0 aliphatic carbocycles. The third-order valence-corrected chi connectivity index (χ3v) is 7.68. The molecule has 2 saturated heterocycles. The minimum absolute atomic E-state index is 0.0705. The maximum absolute atomic E-state index is 15.4. The quantitative estimate of drug-likeness (QED) is 0.400. The number of halogens is 3. The molecular formula is C27H29F3N6O4. The predicted molar refractivity (Wildman–Crippen MR) is 142 cm³/mol. The second-order valence-corrected chi connectivity index (χ2v) is 10.4. The number of anilines is 3. The van der Waals surface area contributed by atoms with Crippen LogP contribution in [0.5, 0.6) is 5.88 Å². The summed E-state index contributed by atoms with van der Waals surface area (Å²) in [4.78, 5) is 23.1. The number of piperidine rings is 1. The molecule has 13 heteroatoms. The molecule has 2 fully saturated rings. The van der Waals surface area contributed by atoms with Gasteiger partial charge >= 0.3 is 6.09 Å². The normalized spacial score (nSPS) is 22.4. The lowest BCUT2D eigenvalue weighted by Gasteiger charge is -2.46. The van der Waals surface area contributed by atoms with E-state index in [4.69, 9.17) is 19.9 Å². The molecule has 212 valence electrons. The Kier molecular flexibility index (Phi) is 7.00. The summed E-state index contributed by atoms with van der Waals surface area (Å²) in [6, 6.07) is 3.23. The molecule has 2 bridgehead atoms. The number of amides is 1. The van der Waals surface area contributed by atoms with Gasteiger partial charge < -0.3 is 25.3 Å². The fourth-order valence-corrected chi connectivity index (χ4v) is 5.85. The molecular weight excluding hydrogens is 529 g/mol. The van der Waals surface area contributed by atoms with Gasteiger partial charge in [-0.05, 0) is 30.0 Å². The van der Waals surface area contributed by atoms with E-state index in [2.05, 4.69) is 20.6 Å². The van der Waals surface area contributed by atoms with Gasteiger partial charge in [0.05, 0.1) is 25.4 Å². The van der Waals surface area contributed by atoms with E-state index < -0.39 is 24.4 Å². The summed E-state index contributed by atoms with van der Waals surface area (Å²) < 4.78 is 58.1. The smallest absolute Gasteiger partial charge is 0.413 e. The van der Waals surface area contributed by atoms with Gasteiger partial charge in [-0.15, -0.1) is 0 Å². The van der Waals surface area contributed by atoms with Crippen LogP contribution in [0.2, 0.25) is 0 Å². The number of carbonyl (C=O) groups is 1. The number of hydrogen-bond acceptors (Lipinski definition) is 9. The Balaban J connectivity index is 1.23. The van der Waals surface area contributed by atoms with Crippen molar-refractivity contribution < 1.29 is 32.2 Å². The van der Waals surface area contributed by atoms with Crippen molar-refractivity contribution in [2.75, 3.05) is 62.4 Å². The fourth-order valence-electron chi connectivity index (χ4n) is 5.85. The Hall–Kier alpha value is -3.84. The Morgan fingerprint density at radius 1 is 1.23 bits per heavy atom. The largest absolute Gasteiger partial charge is 0.474 e. The molecule has 40 heavy (non-hydrogen) atoms. The summed E-state index contributed by atoms with van der Waals surface area (Å²) in [6.07, 6.45) is -0.659. The average Bonchev–Trinajstić information content (AvgIpc) is 2.91. The van der Waals surface area contributed by atoms with Crippen molar-refractivity contribution >= 4 is 34.1 Å². The minimum atomic E-state index is -2.43. The van der Waals surface area contributed by atoms with Crippen LogP contribution in [0.4, 0.5) is 35.2 Å². The van der Waals surface area contributed by atoms with Crippen molar-refractivity contribution in [3.05, 3.63) is 35.9 Å². The second-order valence-electron chi connectivity index (χ2n) is 10.4. The molecule has 4 N–H and O–H groups in total. The van der Waals surface area contributed by atoms with Crippen LogP contribution in [0, 0.1) is 24.6 Å². The summed E-state index contributed by atoms with van der Waals surface area (Å²) in [5.74, 6) is -0.351. The number of fused-ring (bicyclic) bond motifs is 4. The van der Waals surface area contributed by atoms with Crippen molar-refractivity contribution in [1.82, 2.24) is 14.9 Å². The number of likely N-dealkylation sites (tertiary alicyclic amines) is 1. The molecule has 1 aromatic carbocycles. The number of nitrogens with two attached hydrogens (primary N) is 1. The number of ether oxygens (including phenoxy) is 3. The van der Waals surface area contributed by atoms with E-state index in [1.807, 2.05) is 6.92 Å². The van der Waals surface area contributed by atoms with E-state index in [-0.39, 0.29) is 35.4 Å². The molecule has 0 saturated carbocycles. The minimum Gasteiger partial charge on any atom is -0.474 e. The molecule has 10 nitrogen and oxygen atoms in total. The Bertz CT molecular complexity index is 1440. The number of alkyl halides is 2. The zero-order valence-corrected chi connectivity index (χ0v) is 21.8. The van der Waals surface area contributed by atoms with Gasteiger partial charge in [0.2, 0.25) is 5.88 Å². The molecule has 0 spiro atoms. The number of pyridine rings is 2. The molecule has 1 unspecified atom stereocenters. The summed E-state index contributed by atoms with van der Waals surface area (Å²) in [5, 5.41) is 6.84. The molecule has 2 aromatic heterocycles. The van der Waals surface area contributed by atoms with Crippen LogP contribution in [0.3, 0.4) is 0 Å². The number of nitrogen functional groups attached to an aromatic ring is 1. The first-order valence-electron chi connectivity index (χ1n) is 13.1. The van der Waals surface area contributed by atoms with Crippen molar-refractivity contribution in [1.29, 1.82) is 0 Å². The van der Waals surface area contributed by atoms with Crippen molar-refractivity contribution in [2.45, 2.75) is 19.5 Å². The predicted octanol–water partition coefficient (Wildman–Crippen LogP) is 3.89. The summed E-state index contributed by atoms with van der Waals surface area (Å²) in [5.41, 5.74) is 8.38. The van der Waals surface area contributed by atoms with Crippen molar-refractivity contribution in [2.24, 2.45) is 11.8 Å². The molecule has 5 heterocycles. The van der Waals surface area contributed by atoms with Gasteiger partial charge in [-0.25, -0.2) is 27.9 Å². The molecule has 0 radical (unpaired) electrons. The summed E-state index contributed by atoms with van der Waals surface area (Å²) in [7, 11) is 0. The standard InChI is InChI=1S/C27H29F3N6O4/c1-13-18(6-34-26-24(13)32-2-3-39-26)17-4-14-5-21(33-7-19(14)23(31)22(17)30)35-27(37)40-25-15-8-36(10-20(28)29)9-16(25)12-38-11-15/h4-7,15-16,20,25,32H,2-3,8-12,31H2,1H3,(H,33,35,37)/t15-,16+,25?. The van der Waals surface area contributed by atoms with Crippen LogP contribution in [0.25, 0.3) is 21.9 Å². The lowest BCUT2D eigenvalue weighted by Crippen LogP contribution is -2.57. The van der Waals surface area contributed by atoms with E-state index >= 15 is 4.39 Å². The maximum atomic E-state index is 15.4. The molecule has 3 aliphatic heterocycles. The van der Waals surface area contributed by atoms with Crippen molar-refractivity contribution in [3.8, 4) is 17.0 Å². The van der Waals surface area contributed by atoms with Crippen LogP contribution in [-0.2, 0) is 9.47 Å². The summed E-state index contributed by atoms with van der Waals surface area (Å²) in [6.45, 7) is 4.02. The third-order valence-electron chi connectivity index (χ3n) is 7.68. The van der Waals surface area contributed by atoms with Gasteiger partial charge in [0.1, 0.15) is 24.2 Å². The number of nitrogens with one attached hydrogen (secondary N) is 2. The Morgan fingerprint density at radius 3 is 2.75 bits per heavy atom. The lowest BCUT2D eigenvalue weighted by atomic mass is 9.84. The molecule has 3 aliphatic rings. The topological polar surface area (TPSA) is 124 Å². The third kappa shape index (κ3) is 4.94. The molecule has 3 aromatic rings. The number of carbonyl (C=O) groups excluding carboxylic acids is 1. The second kappa shape index (κ2) is 10.6. The van der Waals surface area contributed by atoms with Crippen LogP contribution in [0.15, 0.2) is 24.5 Å². The highest BCUT2D eigenvalue weighted by Gasteiger charge is 2.43. The van der Waals surface area contributed by atoms with Gasteiger partial charge in [-0.1, -0.05) is 0 Å². The highest BCUT2D eigenvalue weighted by atomic mass is 19.3. The zero-order valence-electron chi connectivity index (χ0n) is 21.8. The Morgan fingerprint density at radius 2 is 2.00 bits per heavy atom. The van der Waals surface area contributed by atoms with Crippen LogP contribution in [-0.4, -0.2) is 79.5 Å². The van der Waals surface area contributed by atoms with Crippen LogP contribution in [0.1, 0.15) is 5.56 Å². The SMILES string of the molecule is Cc1c(-c2cc3cc(NC(=O)OC4[C@@H]5COC[C@H]4CN(CC(F)F)C5)ncc3c(N)c2F)cnc2c1NCCO2. The van der Waals surface area contributed by atoms with E-state index in [1.165, 1.54) is 6.20 Å². The van der Waals surface area contributed by atoms with Gasteiger partial charge in [0, 0.05) is 60.4 Å². The van der Waals surface area contributed by atoms with E-state index in [1.54, 1.807) is 23.2 Å². The van der Waals surface area contributed by atoms with Gasteiger partial charge in [-0.2, -0.15) is 0 Å². The number of aromatic nitrogens is 2. The van der Waals surface area contributed by atoms with E-state index in [0.29, 0.717) is 67.4 Å². The highest BCUT2D eigenvalue weighted by molar-refractivity contribution is 5.99. The first-order chi connectivity index (χ1) is 19.3. The van der Waals surface area contributed by atoms with Gasteiger partial charge in [-0.3, -0.25) is 10.2 Å². The highest BCUT2D eigenvalue weighted by Crippen LogP contribution is 2.39. The van der Waals surface area contributed by atoms with Gasteiger partial charge in [0.25, 0.3) is 6.43 Å². The maximum Gasteiger partial charge on any atom is 0.413 e. The first-order valence-corrected chi connectivity index (χ1v) is 13.1. The Labute approximate surface area is 228 Å². The zero-order chi connectivity index (χ0) is 28.0. The fraction of sp³-hybridized carbons (Fsp3) is 0.444. The summed E-state index contributed by atoms with van der Waals surface area (Å²) >= 11 is 0. The van der Waals surface area contributed by atoms with E-state index in [0.717, 1.165) is 5.56 Å².